The van der Waals surface area contributed by atoms with Crippen LogP contribution in [0.3, 0.4) is 0 Å². The molecule has 52 valence electrons. The van der Waals surface area contributed by atoms with Crippen LogP contribution in [-0.4, -0.2) is 31.2 Å². The van der Waals surface area contributed by atoms with Crippen molar-refractivity contribution in [1.29, 1.82) is 0 Å². The molecule has 1 aliphatic heterocycles. The van der Waals surface area contributed by atoms with E-state index in [4.69, 9.17) is 0 Å². The highest BCUT2D eigenvalue weighted by Gasteiger charge is 2.30. The number of ketones is 1. The van der Waals surface area contributed by atoms with Crippen LogP contribution in [0.15, 0.2) is 0 Å². The summed E-state index contributed by atoms with van der Waals surface area (Å²) < 4.78 is 24.4. The third-order valence-electron chi connectivity index (χ3n) is 1.26. The predicted octanol–water partition coefficient (Wildman–Crippen LogP) is -0.165. The summed E-state index contributed by atoms with van der Waals surface area (Å²) in [6, 6.07) is 0. The molecule has 9 heavy (non-hydrogen) atoms. The van der Waals surface area contributed by atoms with E-state index in [1.54, 1.807) is 0 Å². The molecule has 0 radical (unpaired) electrons. The van der Waals surface area contributed by atoms with E-state index in [9.17, 15) is 13.6 Å². The summed E-state index contributed by atoms with van der Waals surface area (Å²) in [7, 11) is 0. The van der Waals surface area contributed by atoms with Crippen molar-refractivity contribution in [3.63, 3.8) is 0 Å². The fraction of sp³-hybridized carbons (Fsp3) is 0.800. The number of nitrogens with one attached hydrogen (secondary N) is 1. The number of rotatable bonds is 0. The van der Waals surface area contributed by atoms with Crippen LogP contribution in [0.2, 0.25) is 0 Å². The predicted molar refractivity (Wildman–Crippen MR) is 27.7 cm³/mol. The van der Waals surface area contributed by atoms with Crippen molar-refractivity contribution in [2.24, 2.45) is 0 Å². The Kier molecular flexibility index (Phi) is 1.75. The third-order valence-corrected chi connectivity index (χ3v) is 1.26. The molecular formula is C5H7F2NO. The van der Waals surface area contributed by atoms with Crippen molar-refractivity contribution in [3.05, 3.63) is 0 Å². The van der Waals surface area contributed by atoms with Crippen molar-refractivity contribution in [1.82, 2.24) is 5.32 Å². The van der Waals surface area contributed by atoms with E-state index in [0.29, 0.717) is 0 Å². The molecule has 0 aromatic carbocycles. The highest BCUT2D eigenvalue weighted by molar-refractivity contribution is 5.88. The number of carbonyl (C=O) groups is 1. The van der Waals surface area contributed by atoms with Crippen molar-refractivity contribution in [2.45, 2.75) is 12.3 Å². The lowest BCUT2D eigenvalue weighted by atomic mass is 10.1. The minimum Gasteiger partial charge on any atom is -0.310 e. The van der Waals surface area contributed by atoms with E-state index in [0.717, 1.165) is 0 Å². The largest absolute Gasteiger partial charge is 0.310 e. The second-order valence-electron chi connectivity index (χ2n) is 2.00. The van der Waals surface area contributed by atoms with Crippen LogP contribution in [0.5, 0.6) is 0 Å². The zero-order chi connectivity index (χ0) is 6.85. The van der Waals surface area contributed by atoms with Gasteiger partial charge in [-0.2, -0.15) is 0 Å². The molecule has 0 aromatic rings. The molecule has 1 rings (SSSR count). The Bertz CT molecular complexity index is 116. The number of alkyl halides is 2. The van der Waals surface area contributed by atoms with E-state index < -0.39 is 18.1 Å². The normalized spacial score (nSPS) is 36.9. The molecule has 0 amide bonds. The molecule has 0 saturated carbocycles. The van der Waals surface area contributed by atoms with E-state index >= 15 is 0 Å². The topological polar surface area (TPSA) is 29.1 Å². The van der Waals surface area contributed by atoms with E-state index in [1.807, 2.05) is 0 Å². The quantitative estimate of drug-likeness (QED) is 0.500. The smallest absolute Gasteiger partial charge is 0.203 e. The molecule has 0 spiro atoms. The number of halogens is 2. The molecule has 2 unspecified atom stereocenters. The maximum absolute atomic E-state index is 12.2. The molecule has 1 saturated heterocycles. The lowest BCUT2D eigenvalue weighted by Crippen LogP contribution is -2.46. The van der Waals surface area contributed by atoms with E-state index in [2.05, 4.69) is 5.32 Å². The van der Waals surface area contributed by atoms with Crippen LogP contribution < -0.4 is 5.32 Å². The molecule has 1 fully saturated rings. The number of Topliss-reactive ketones (excluding diaryl/α,β-unsaturated/α-hetero) is 1. The van der Waals surface area contributed by atoms with Gasteiger partial charge in [-0.25, -0.2) is 8.78 Å². The number of carbonyl (C=O) groups excluding carboxylic acids is 1. The molecular weight excluding hydrogens is 128 g/mol. The van der Waals surface area contributed by atoms with Gasteiger partial charge in [-0.05, 0) is 0 Å². The zero-order valence-corrected chi connectivity index (χ0v) is 4.73. The molecule has 0 aromatic heterocycles. The summed E-state index contributed by atoms with van der Waals surface area (Å²) in [5.74, 6) is -0.922. The van der Waals surface area contributed by atoms with Gasteiger partial charge in [-0.15, -0.1) is 0 Å². The first kappa shape index (κ1) is 6.61. The fourth-order valence-corrected chi connectivity index (χ4v) is 0.734. The number of hydrogen-bond donors (Lipinski definition) is 1. The number of piperidine rings is 1. The van der Waals surface area contributed by atoms with Crippen molar-refractivity contribution in [3.8, 4) is 0 Å². The highest BCUT2D eigenvalue weighted by Crippen LogP contribution is 2.04. The summed E-state index contributed by atoms with van der Waals surface area (Å²) in [5, 5.41) is 2.44. The van der Waals surface area contributed by atoms with Gasteiger partial charge in [-0.1, -0.05) is 0 Å². The maximum atomic E-state index is 12.2. The molecule has 2 nitrogen and oxygen atoms in total. The Morgan fingerprint density at radius 2 is 1.78 bits per heavy atom. The Morgan fingerprint density at radius 1 is 1.33 bits per heavy atom. The number of hydrogen-bond acceptors (Lipinski definition) is 2. The van der Waals surface area contributed by atoms with Gasteiger partial charge in [0.15, 0.2) is 12.3 Å². The lowest BCUT2D eigenvalue weighted by molar-refractivity contribution is -0.130. The molecule has 1 heterocycles. The average molecular weight is 135 g/mol. The molecule has 2 atom stereocenters. The van der Waals surface area contributed by atoms with Gasteiger partial charge in [0.2, 0.25) is 5.78 Å². The minimum absolute atomic E-state index is 0.0424. The Labute approximate surface area is 51.2 Å². The molecule has 1 aliphatic rings. The Morgan fingerprint density at radius 3 is 2.11 bits per heavy atom. The van der Waals surface area contributed by atoms with Gasteiger partial charge >= 0.3 is 0 Å². The molecule has 1 N–H and O–H groups in total. The van der Waals surface area contributed by atoms with Crippen LogP contribution in [0.1, 0.15) is 0 Å². The van der Waals surface area contributed by atoms with Crippen molar-refractivity contribution >= 4 is 5.78 Å². The van der Waals surface area contributed by atoms with Crippen LogP contribution in [0.25, 0.3) is 0 Å². The monoisotopic (exact) mass is 135 g/mol. The summed E-state index contributed by atoms with van der Waals surface area (Å²) >= 11 is 0. The summed E-state index contributed by atoms with van der Waals surface area (Å²) in [6.45, 7) is -0.0848. The summed E-state index contributed by atoms with van der Waals surface area (Å²) in [5.41, 5.74) is 0. The Balaban J connectivity index is 2.52. The standard InChI is InChI=1S/C5H7F2NO/c6-3-1-8-2-4(7)5(3)9/h3-4,8H,1-2H2. The molecule has 0 bridgehead atoms. The maximum Gasteiger partial charge on any atom is 0.203 e. The van der Waals surface area contributed by atoms with Gasteiger partial charge in [0.1, 0.15) is 0 Å². The first-order valence-electron chi connectivity index (χ1n) is 2.74. The van der Waals surface area contributed by atoms with Crippen LogP contribution >= 0.6 is 0 Å². The molecule has 4 heteroatoms. The van der Waals surface area contributed by atoms with Crippen LogP contribution in [0.4, 0.5) is 8.78 Å². The van der Waals surface area contributed by atoms with E-state index in [1.165, 1.54) is 0 Å². The van der Waals surface area contributed by atoms with Crippen molar-refractivity contribution < 1.29 is 13.6 Å². The minimum atomic E-state index is -1.64. The first-order chi connectivity index (χ1) is 4.22. The van der Waals surface area contributed by atoms with E-state index in [-0.39, 0.29) is 13.1 Å². The van der Waals surface area contributed by atoms with Crippen LogP contribution in [-0.2, 0) is 4.79 Å². The fourth-order valence-electron chi connectivity index (χ4n) is 0.734. The van der Waals surface area contributed by atoms with Gasteiger partial charge < -0.3 is 5.32 Å². The summed E-state index contributed by atoms with van der Waals surface area (Å²) in [4.78, 5) is 10.3. The zero-order valence-electron chi connectivity index (χ0n) is 4.73. The van der Waals surface area contributed by atoms with Gasteiger partial charge in [-0.3, -0.25) is 4.79 Å². The SMILES string of the molecule is O=C1C(F)CNCC1F. The second-order valence-corrected chi connectivity index (χ2v) is 2.00. The first-order valence-corrected chi connectivity index (χ1v) is 2.74. The van der Waals surface area contributed by atoms with Crippen LogP contribution in [0, 0.1) is 0 Å². The third kappa shape index (κ3) is 1.24. The summed E-state index contributed by atoms with van der Waals surface area (Å²) in [6.07, 6.45) is -3.29. The van der Waals surface area contributed by atoms with Gasteiger partial charge in [0.25, 0.3) is 0 Å². The second kappa shape index (κ2) is 2.39. The molecule has 0 aliphatic carbocycles. The highest BCUT2D eigenvalue weighted by atomic mass is 19.1. The van der Waals surface area contributed by atoms with Gasteiger partial charge in [0, 0.05) is 13.1 Å². The lowest BCUT2D eigenvalue weighted by Gasteiger charge is -2.17. The van der Waals surface area contributed by atoms with Crippen molar-refractivity contribution in [2.75, 3.05) is 13.1 Å². The average Bonchev–Trinajstić information content (AvgIpc) is 1.83. The Hall–Kier alpha value is -0.510. The van der Waals surface area contributed by atoms with Gasteiger partial charge in [0.05, 0.1) is 0 Å².